The first kappa shape index (κ1) is 38.6. The molecule has 0 aromatic carbocycles. The van der Waals surface area contributed by atoms with Crippen molar-refractivity contribution < 1.29 is 86.7 Å². The summed E-state index contributed by atoms with van der Waals surface area (Å²) in [6.45, 7) is 7.66. The Bertz CT molecular complexity index is 1770. The molecule has 8 aliphatic rings. The zero-order chi connectivity index (χ0) is 40.1. The van der Waals surface area contributed by atoms with Crippen LogP contribution in [0.5, 0.6) is 0 Å². The molecule has 2 bridgehead atoms. The number of hydrogen-bond acceptors (Lipinski definition) is 18. The van der Waals surface area contributed by atoms with Crippen molar-refractivity contribution in [2.75, 3.05) is 34.0 Å². The third kappa shape index (κ3) is 4.24. The largest absolute Gasteiger partial charge is 0.468 e. The lowest BCUT2D eigenvalue weighted by molar-refractivity contribution is -0.318. The van der Waals surface area contributed by atoms with Gasteiger partial charge in [0.2, 0.25) is 0 Å². The van der Waals surface area contributed by atoms with Crippen molar-refractivity contribution in [3.05, 3.63) is 11.6 Å². The van der Waals surface area contributed by atoms with Gasteiger partial charge < -0.3 is 62.7 Å². The number of carbonyl (C=O) groups is 5. The van der Waals surface area contributed by atoms with Gasteiger partial charge in [-0.3, -0.25) is 14.4 Å². The minimum atomic E-state index is -2.89. The second-order valence-electron chi connectivity index (χ2n) is 16.7. The standard InChI is InChI=1S/C37H48O18/c1-9-15(2)26(41)53-19-11-20(51-16(3)38)34(28(42)46-7)13-49-23-24(34)33(19)14-50-36(45,29(43)47-8)27(33)31(5,25(23)40)37-21-10-18(32(37,6)55-37)35(44)22(52-17(4)39)12-48-30(35)54-21/h9,18-25,27,30,40,44-45H,10-14H2,1-8H3/b15-9+/t18-,19+,20-,21+,22+,23-,24-,25-,27+,30+,31-,32+,33+,34+,35+,36+,37+/m1/s1. The Morgan fingerprint density at radius 3 is 2.11 bits per heavy atom. The number of epoxide rings is 1. The smallest absolute Gasteiger partial charge is 0.366 e. The van der Waals surface area contributed by atoms with Crippen LogP contribution >= 0.6 is 0 Å². The van der Waals surface area contributed by atoms with E-state index in [0.29, 0.717) is 0 Å². The molecule has 0 aromatic rings. The predicted octanol–water partition coefficient (Wildman–Crippen LogP) is -0.785. The number of esters is 5. The van der Waals surface area contributed by atoms with Gasteiger partial charge in [0.25, 0.3) is 5.79 Å². The van der Waals surface area contributed by atoms with Crippen LogP contribution in [-0.2, 0) is 71.3 Å². The summed E-state index contributed by atoms with van der Waals surface area (Å²) in [5.74, 6) is -11.0. The molecule has 0 unspecified atom stereocenters. The van der Waals surface area contributed by atoms with Crippen molar-refractivity contribution in [3.63, 3.8) is 0 Å². The first-order valence-corrected chi connectivity index (χ1v) is 18.5. The molecule has 0 aromatic heterocycles. The van der Waals surface area contributed by atoms with Crippen molar-refractivity contribution in [1.29, 1.82) is 0 Å². The summed E-state index contributed by atoms with van der Waals surface area (Å²) < 4.78 is 59.9. The Hall–Kier alpha value is -3.23. The molecule has 5 aliphatic heterocycles. The van der Waals surface area contributed by atoms with E-state index in [0.717, 1.165) is 21.1 Å². The fourth-order valence-corrected chi connectivity index (χ4v) is 12.8. The third-order valence-corrected chi connectivity index (χ3v) is 14.8. The molecule has 55 heavy (non-hydrogen) atoms. The molecule has 0 amide bonds. The highest BCUT2D eigenvalue weighted by Crippen LogP contribution is 2.83. The van der Waals surface area contributed by atoms with Crippen LogP contribution in [0.3, 0.4) is 0 Å². The second kappa shape index (κ2) is 11.9. The Kier molecular flexibility index (Phi) is 8.36. The van der Waals surface area contributed by atoms with Crippen LogP contribution in [0.15, 0.2) is 11.6 Å². The van der Waals surface area contributed by atoms with Crippen LogP contribution in [0.25, 0.3) is 0 Å². The summed E-state index contributed by atoms with van der Waals surface area (Å²) in [4.78, 5) is 66.8. The maximum absolute atomic E-state index is 14.3. The molecule has 304 valence electrons. The first-order valence-electron chi connectivity index (χ1n) is 18.5. The number of hydrogen-bond donors (Lipinski definition) is 3. The summed E-state index contributed by atoms with van der Waals surface area (Å²) in [5, 5.41) is 38.2. The maximum Gasteiger partial charge on any atom is 0.366 e. The lowest BCUT2D eigenvalue weighted by Gasteiger charge is -2.65. The number of ether oxygens (including phenoxy) is 10. The number of fused-ring (bicyclic) bond motifs is 7. The lowest BCUT2D eigenvalue weighted by Crippen LogP contribution is -2.79. The topological polar surface area (TPSA) is 242 Å². The predicted molar refractivity (Wildman–Crippen MR) is 176 cm³/mol. The van der Waals surface area contributed by atoms with Gasteiger partial charge >= 0.3 is 29.8 Å². The molecule has 0 radical (unpaired) electrons. The highest BCUT2D eigenvalue weighted by Gasteiger charge is 2.97. The quantitative estimate of drug-likeness (QED) is 0.124. The lowest BCUT2D eigenvalue weighted by atomic mass is 9.37. The Morgan fingerprint density at radius 1 is 0.836 bits per heavy atom. The summed E-state index contributed by atoms with van der Waals surface area (Å²) in [6, 6.07) is 0. The van der Waals surface area contributed by atoms with Gasteiger partial charge in [-0.25, -0.2) is 9.59 Å². The molecule has 3 saturated carbocycles. The summed E-state index contributed by atoms with van der Waals surface area (Å²) >= 11 is 0. The van der Waals surface area contributed by atoms with Crippen LogP contribution in [0.4, 0.5) is 0 Å². The van der Waals surface area contributed by atoms with E-state index in [1.165, 1.54) is 19.9 Å². The van der Waals surface area contributed by atoms with Crippen LogP contribution in [0, 0.1) is 34.0 Å². The number of allylic oxidation sites excluding steroid dienone is 1. The molecule has 3 aliphatic carbocycles. The Morgan fingerprint density at radius 2 is 1.49 bits per heavy atom. The first-order chi connectivity index (χ1) is 25.8. The average molecular weight is 781 g/mol. The average Bonchev–Trinajstić information content (AvgIpc) is 3.44. The van der Waals surface area contributed by atoms with Crippen molar-refractivity contribution in [3.8, 4) is 0 Å². The van der Waals surface area contributed by atoms with Crippen LogP contribution in [0.1, 0.15) is 54.4 Å². The van der Waals surface area contributed by atoms with Gasteiger partial charge in [0.1, 0.15) is 28.8 Å². The van der Waals surface area contributed by atoms with E-state index >= 15 is 0 Å². The number of aliphatic hydroxyl groups is 3. The highest BCUT2D eigenvalue weighted by atomic mass is 16.8. The van der Waals surface area contributed by atoms with E-state index in [1.54, 1.807) is 20.8 Å². The van der Waals surface area contributed by atoms with Gasteiger partial charge in [-0.1, -0.05) is 13.0 Å². The number of rotatable bonds is 7. The molecule has 8 fully saturated rings. The maximum atomic E-state index is 14.3. The van der Waals surface area contributed by atoms with Gasteiger partial charge in [0, 0.05) is 54.4 Å². The number of methoxy groups -OCH3 is 2. The molecule has 1 spiro atoms. The molecule has 18 nitrogen and oxygen atoms in total. The fourth-order valence-electron chi connectivity index (χ4n) is 12.8. The second-order valence-corrected chi connectivity index (χ2v) is 16.7. The van der Waals surface area contributed by atoms with E-state index in [1.807, 2.05) is 0 Å². The molecule has 3 N–H and O–H groups in total. The van der Waals surface area contributed by atoms with Gasteiger partial charge in [0.05, 0.1) is 52.4 Å². The SMILES string of the molecule is C/C=C(\C)C(=O)O[C@H]1C[C@@H](OC(C)=O)[C@@]2(C(=O)OC)CO[C@H]3[C@@H](O)[C@@](C)([C@]45O[C@@]4(C)[C@H]4C[C@@H]5O[C@@H]5OC[C@H](OC(C)=O)[C@]54O)[C@H]4[C@]1(CO[C@]4(O)C(=O)OC)[C@@H]32. The van der Waals surface area contributed by atoms with E-state index < -0.39 is 143 Å². The van der Waals surface area contributed by atoms with Crippen molar-refractivity contribution in [1.82, 2.24) is 0 Å². The van der Waals surface area contributed by atoms with E-state index in [4.69, 9.17) is 47.4 Å². The van der Waals surface area contributed by atoms with E-state index in [-0.39, 0.29) is 25.0 Å². The molecule has 5 heterocycles. The number of carbonyl (C=O) groups excluding carboxylic acids is 5. The van der Waals surface area contributed by atoms with Crippen LogP contribution in [0.2, 0.25) is 0 Å². The molecule has 5 saturated heterocycles. The van der Waals surface area contributed by atoms with Crippen molar-refractivity contribution >= 4 is 29.8 Å². The van der Waals surface area contributed by atoms with Crippen LogP contribution in [-0.4, -0.2) is 145 Å². The zero-order valence-electron chi connectivity index (χ0n) is 31.9. The molecular weight excluding hydrogens is 732 g/mol. The van der Waals surface area contributed by atoms with Gasteiger partial charge in [-0.15, -0.1) is 0 Å². The summed E-state index contributed by atoms with van der Waals surface area (Å²) in [7, 11) is 2.19. The van der Waals surface area contributed by atoms with E-state index in [2.05, 4.69) is 0 Å². The molecule has 17 atom stereocenters. The Balaban J connectivity index is 1.37. The fraction of sp³-hybridized carbons (Fsp3) is 0.811. The molecule has 8 rings (SSSR count). The summed E-state index contributed by atoms with van der Waals surface area (Å²) in [6.07, 6.45) is -7.88. The van der Waals surface area contributed by atoms with Gasteiger partial charge in [-0.05, 0) is 27.2 Å². The minimum absolute atomic E-state index is 0.110. The number of aliphatic hydroxyl groups excluding tert-OH is 1. The monoisotopic (exact) mass is 780 g/mol. The normalized spacial score (nSPS) is 52.5. The van der Waals surface area contributed by atoms with Gasteiger partial charge in [-0.2, -0.15) is 0 Å². The zero-order valence-corrected chi connectivity index (χ0v) is 31.9. The summed E-state index contributed by atoms with van der Waals surface area (Å²) in [5.41, 5.74) is -10.3. The van der Waals surface area contributed by atoms with E-state index in [9.17, 15) is 39.3 Å². The minimum Gasteiger partial charge on any atom is -0.468 e. The van der Waals surface area contributed by atoms with Crippen LogP contribution < -0.4 is 0 Å². The van der Waals surface area contributed by atoms with Crippen molar-refractivity contribution in [2.24, 2.45) is 34.0 Å². The van der Waals surface area contributed by atoms with Gasteiger partial charge in [0.15, 0.2) is 18.0 Å². The highest BCUT2D eigenvalue weighted by molar-refractivity contribution is 5.88. The Labute approximate surface area is 315 Å². The van der Waals surface area contributed by atoms with Crippen molar-refractivity contribution in [2.45, 2.75) is 120 Å². The molecular formula is C37H48O18. The molecule has 18 heteroatoms. The third-order valence-electron chi connectivity index (χ3n) is 14.8.